The van der Waals surface area contributed by atoms with Gasteiger partial charge in [0.25, 0.3) is 0 Å². The van der Waals surface area contributed by atoms with E-state index in [0.717, 1.165) is 17.2 Å². The fraction of sp³-hybridized carbons (Fsp3) is 0.348. The van der Waals surface area contributed by atoms with Crippen LogP contribution in [-0.2, 0) is 15.9 Å². The van der Waals surface area contributed by atoms with Gasteiger partial charge in [0, 0.05) is 23.8 Å². The number of aliphatic hydroxyl groups excluding tert-OH is 1. The Kier molecular flexibility index (Phi) is 3.73. The fourth-order valence-corrected chi connectivity index (χ4v) is 5.35. The van der Waals surface area contributed by atoms with E-state index >= 15 is 0 Å². The van der Waals surface area contributed by atoms with Crippen LogP contribution in [0, 0.1) is 11.3 Å². The number of nitriles is 1. The molecular weight excluding hydrogens is 368 g/mol. The molecule has 0 aliphatic carbocycles. The summed E-state index contributed by atoms with van der Waals surface area (Å²) in [6, 6.07) is 13.1. The Morgan fingerprint density at radius 3 is 2.34 bits per heavy atom. The van der Waals surface area contributed by atoms with E-state index in [1.807, 2.05) is 31.2 Å². The van der Waals surface area contributed by atoms with Gasteiger partial charge in [-0.2, -0.15) is 5.26 Å². The lowest BCUT2D eigenvalue weighted by molar-refractivity contribution is -0.0996. The molecule has 1 fully saturated rings. The molecule has 3 heterocycles. The third-order valence-electron chi connectivity index (χ3n) is 6.70. The first-order chi connectivity index (χ1) is 14.0. The molecule has 3 N–H and O–H groups in total. The van der Waals surface area contributed by atoms with E-state index in [4.69, 9.17) is 4.74 Å². The van der Waals surface area contributed by atoms with Crippen LogP contribution in [0.3, 0.4) is 0 Å². The minimum Gasteiger partial charge on any atom is -0.494 e. The standard InChI is InChI=1S/C23H22N2O4/c1-2-22-9-10-23(29-22,11-12-26)19-18(22)20(27)25(21(19)28)17-8-7-14(13-24)15-5-3-4-6-16(15)17/h3-8,26-28H,2,9-12H2,1H3/t22-,23-/m0/s1. The van der Waals surface area contributed by atoms with Crippen molar-refractivity contribution in [3.63, 3.8) is 0 Å². The maximum Gasteiger partial charge on any atom is 0.205 e. The third kappa shape index (κ3) is 2.12. The van der Waals surface area contributed by atoms with Crippen LogP contribution in [0.1, 0.15) is 49.3 Å². The number of hydrogen-bond donors (Lipinski definition) is 3. The monoisotopic (exact) mass is 390 g/mol. The Morgan fingerprint density at radius 1 is 1.03 bits per heavy atom. The van der Waals surface area contributed by atoms with Crippen molar-refractivity contribution in [2.24, 2.45) is 0 Å². The van der Waals surface area contributed by atoms with Gasteiger partial charge in [-0.15, -0.1) is 0 Å². The second-order valence-corrected chi connectivity index (χ2v) is 7.94. The Hall–Kier alpha value is -3.01. The summed E-state index contributed by atoms with van der Waals surface area (Å²) in [7, 11) is 0. The second kappa shape index (κ2) is 5.99. The zero-order chi connectivity index (χ0) is 20.4. The van der Waals surface area contributed by atoms with Crippen LogP contribution >= 0.6 is 0 Å². The first-order valence-electron chi connectivity index (χ1n) is 9.93. The lowest BCUT2D eigenvalue weighted by Crippen LogP contribution is -2.24. The van der Waals surface area contributed by atoms with Crippen molar-refractivity contribution < 1.29 is 20.1 Å². The fourth-order valence-electron chi connectivity index (χ4n) is 5.35. The molecular formula is C23H22N2O4. The number of rotatable bonds is 4. The molecule has 2 aliphatic rings. The average molecular weight is 390 g/mol. The van der Waals surface area contributed by atoms with E-state index in [2.05, 4.69) is 6.07 Å². The van der Waals surface area contributed by atoms with Gasteiger partial charge in [-0.25, -0.2) is 0 Å². The Bertz CT molecular complexity index is 1190. The van der Waals surface area contributed by atoms with Gasteiger partial charge in [-0.05, 0) is 31.4 Å². The molecule has 3 aromatic rings. The minimum absolute atomic E-state index is 0.0336. The van der Waals surface area contributed by atoms with Crippen LogP contribution in [0.25, 0.3) is 16.5 Å². The SMILES string of the molecule is CC[C@@]12CC[C@@](CCO)(O1)c1c2c(O)n(-c2ccc(C#N)c3ccccc23)c1O. The number of aliphatic hydroxyl groups is 1. The van der Waals surface area contributed by atoms with Crippen LogP contribution in [0.5, 0.6) is 11.8 Å². The van der Waals surface area contributed by atoms with E-state index in [0.29, 0.717) is 41.6 Å². The van der Waals surface area contributed by atoms with Crippen molar-refractivity contribution in [1.29, 1.82) is 5.26 Å². The van der Waals surface area contributed by atoms with Crippen LogP contribution in [0.15, 0.2) is 36.4 Å². The summed E-state index contributed by atoms with van der Waals surface area (Å²) in [5, 5.41) is 43.1. The largest absolute Gasteiger partial charge is 0.494 e. The van der Waals surface area contributed by atoms with Crippen LogP contribution in [0.4, 0.5) is 0 Å². The van der Waals surface area contributed by atoms with E-state index in [9.17, 15) is 20.6 Å². The second-order valence-electron chi connectivity index (χ2n) is 7.94. The minimum atomic E-state index is -0.782. The quantitative estimate of drug-likeness (QED) is 0.627. The molecule has 1 aromatic heterocycles. The molecule has 5 rings (SSSR count). The molecule has 2 aliphatic heterocycles. The number of fused-ring (bicyclic) bond motifs is 6. The van der Waals surface area contributed by atoms with Gasteiger partial charge in [0.05, 0.1) is 34.0 Å². The molecule has 0 spiro atoms. The van der Waals surface area contributed by atoms with Crippen molar-refractivity contribution in [1.82, 2.24) is 4.57 Å². The Morgan fingerprint density at radius 2 is 1.69 bits per heavy atom. The van der Waals surface area contributed by atoms with Crippen LogP contribution < -0.4 is 0 Å². The van der Waals surface area contributed by atoms with E-state index in [1.165, 1.54) is 4.57 Å². The summed E-state index contributed by atoms with van der Waals surface area (Å²) in [5.74, 6) is -0.0930. The van der Waals surface area contributed by atoms with Gasteiger partial charge in [-0.1, -0.05) is 31.2 Å². The lowest BCUT2D eigenvalue weighted by atomic mass is 9.76. The molecule has 6 nitrogen and oxygen atoms in total. The lowest BCUT2D eigenvalue weighted by Gasteiger charge is -2.26. The molecule has 1 saturated heterocycles. The number of aromatic hydroxyl groups is 2. The number of ether oxygens (including phenoxy) is 1. The van der Waals surface area contributed by atoms with Gasteiger partial charge in [0.15, 0.2) is 0 Å². The summed E-state index contributed by atoms with van der Waals surface area (Å²) >= 11 is 0. The molecule has 2 bridgehead atoms. The number of benzene rings is 2. The molecule has 2 atom stereocenters. The molecule has 0 radical (unpaired) electrons. The van der Waals surface area contributed by atoms with Crippen molar-refractivity contribution in [2.75, 3.05) is 6.61 Å². The molecule has 0 amide bonds. The maximum absolute atomic E-state index is 11.3. The number of hydrogen-bond acceptors (Lipinski definition) is 5. The van der Waals surface area contributed by atoms with Crippen LogP contribution in [-0.4, -0.2) is 26.5 Å². The number of aromatic nitrogens is 1. The van der Waals surface area contributed by atoms with E-state index < -0.39 is 11.2 Å². The zero-order valence-corrected chi connectivity index (χ0v) is 16.1. The predicted octanol–water partition coefficient (Wildman–Crippen LogP) is 3.92. The first-order valence-corrected chi connectivity index (χ1v) is 9.93. The summed E-state index contributed by atoms with van der Waals surface area (Å²) in [6.07, 6.45) is 2.46. The van der Waals surface area contributed by atoms with Gasteiger partial charge in [0.2, 0.25) is 11.8 Å². The third-order valence-corrected chi connectivity index (χ3v) is 6.70. The number of nitrogens with zero attached hydrogens (tertiary/aromatic N) is 2. The zero-order valence-electron chi connectivity index (χ0n) is 16.1. The highest BCUT2D eigenvalue weighted by atomic mass is 16.5. The van der Waals surface area contributed by atoms with Crippen LogP contribution in [0.2, 0.25) is 0 Å². The summed E-state index contributed by atoms with van der Waals surface area (Å²) in [5.41, 5.74) is 0.924. The Balaban J connectivity index is 1.83. The van der Waals surface area contributed by atoms with Gasteiger partial charge >= 0.3 is 0 Å². The highest BCUT2D eigenvalue weighted by molar-refractivity contribution is 5.95. The highest BCUT2D eigenvalue weighted by Crippen LogP contribution is 2.66. The van der Waals surface area contributed by atoms with Crippen molar-refractivity contribution in [2.45, 2.75) is 43.8 Å². The van der Waals surface area contributed by atoms with E-state index in [-0.39, 0.29) is 18.4 Å². The van der Waals surface area contributed by atoms with Gasteiger partial charge in [-0.3, -0.25) is 4.57 Å². The van der Waals surface area contributed by atoms with Crippen molar-refractivity contribution in [3.05, 3.63) is 53.1 Å². The molecule has 148 valence electrons. The molecule has 2 aromatic carbocycles. The van der Waals surface area contributed by atoms with Crippen molar-refractivity contribution >= 4 is 10.8 Å². The van der Waals surface area contributed by atoms with Gasteiger partial charge in [0.1, 0.15) is 5.60 Å². The topological polar surface area (TPSA) is 98.6 Å². The van der Waals surface area contributed by atoms with Crippen molar-refractivity contribution in [3.8, 4) is 23.5 Å². The summed E-state index contributed by atoms with van der Waals surface area (Å²) in [4.78, 5) is 0. The summed E-state index contributed by atoms with van der Waals surface area (Å²) < 4.78 is 7.84. The maximum atomic E-state index is 11.3. The molecule has 6 heteroatoms. The normalized spacial score (nSPS) is 24.7. The molecule has 29 heavy (non-hydrogen) atoms. The molecule has 0 unspecified atom stereocenters. The highest BCUT2D eigenvalue weighted by Gasteiger charge is 2.62. The van der Waals surface area contributed by atoms with E-state index in [1.54, 1.807) is 12.1 Å². The first kappa shape index (κ1) is 18.0. The average Bonchev–Trinajstić information content (AvgIpc) is 3.34. The summed E-state index contributed by atoms with van der Waals surface area (Å²) in [6.45, 7) is 1.94. The predicted molar refractivity (Wildman–Crippen MR) is 107 cm³/mol. The molecule has 0 saturated carbocycles. The Labute approximate surface area is 168 Å². The van der Waals surface area contributed by atoms with Gasteiger partial charge < -0.3 is 20.1 Å². The smallest absolute Gasteiger partial charge is 0.205 e.